The summed E-state index contributed by atoms with van der Waals surface area (Å²) in [7, 11) is 0. The van der Waals surface area contributed by atoms with Crippen molar-refractivity contribution in [3.05, 3.63) is 35.7 Å². The van der Waals surface area contributed by atoms with E-state index in [1.54, 1.807) is 18.2 Å². The van der Waals surface area contributed by atoms with E-state index in [2.05, 4.69) is 4.98 Å². The van der Waals surface area contributed by atoms with Crippen LogP contribution in [0.4, 0.5) is 0 Å². The molecule has 2 aromatic rings. The Hall–Kier alpha value is -1.81. The van der Waals surface area contributed by atoms with Gasteiger partial charge in [-0.15, -0.1) is 0 Å². The highest BCUT2D eigenvalue weighted by Gasteiger charge is 2.10. The second-order valence-corrected chi connectivity index (χ2v) is 3.62. The van der Waals surface area contributed by atoms with Crippen LogP contribution in [-0.2, 0) is 6.42 Å². The first-order valence-electron chi connectivity index (χ1n) is 5.16. The summed E-state index contributed by atoms with van der Waals surface area (Å²) < 4.78 is 5.59. The quantitative estimate of drug-likeness (QED) is 0.824. The third-order valence-electron chi connectivity index (χ3n) is 2.36. The zero-order valence-corrected chi connectivity index (χ0v) is 9.10. The molecule has 0 unspecified atom stereocenters. The first kappa shape index (κ1) is 10.7. The Morgan fingerprint density at radius 3 is 2.94 bits per heavy atom. The number of rotatable bonds is 3. The molecule has 0 aliphatic rings. The number of nitrogens with zero attached hydrogens (tertiary/aromatic N) is 1. The number of hydrogen-bond acceptors (Lipinski definition) is 4. The Morgan fingerprint density at radius 1 is 1.44 bits per heavy atom. The number of nitrogens with two attached hydrogens (primary N) is 1. The van der Waals surface area contributed by atoms with E-state index in [9.17, 15) is 5.11 Å². The molecule has 0 saturated carbocycles. The van der Waals surface area contributed by atoms with Crippen LogP contribution in [0.3, 0.4) is 0 Å². The van der Waals surface area contributed by atoms with Gasteiger partial charge in [-0.3, -0.25) is 0 Å². The molecule has 3 N–H and O–H groups in total. The lowest BCUT2D eigenvalue weighted by molar-refractivity contribution is 0.474. The largest absolute Gasteiger partial charge is 0.508 e. The smallest absolute Gasteiger partial charge is 0.226 e. The van der Waals surface area contributed by atoms with Crippen LogP contribution in [0.5, 0.6) is 5.75 Å². The maximum atomic E-state index is 9.36. The first-order chi connectivity index (χ1) is 7.70. The van der Waals surface area contributed by atoms with Crippen LogP contribution < -0.4 is 5.73 Å². The van der Waals surface area contributed by atoms with E-state index in [-0.39, 0.29) is 5.75 Å². The fraction of sp³-hybridized carbons (Fsp3) is 0.250. The van der Waals surface area contributed by atoms with Gasteiger partial charge < -0.3 is 15.3 Å². The van der Waals surface area contributed by atoms with E-state index in [4.69, 9.17) is 10.2 Å². The molecule has 0 bridgehead atoms. The van der Waals surface area contributed by atoms with Crippen molar-refractivity contribution in [3.63, 3.8) is 0 Å². The molecule has 1 heterocycles. The lowest BCUT2D eigenvalue weighted by Crippen LogP contribution is -2.02. The molecule has 0 radical (unpaired) electrons. The van der Waals surface area contributed by atoms with Crippen LogP contribution in [0.15, 0.2) is 28.7 Å². The summed E-state index contributed by atoms with van der Waals surface area (Å²) in [6.07, 6.45) is 0.678. The predicted molar refractivity (Wildman–Crippen MR) is 61.1 cm³/mol. The van der Waals surface area contributed by atoms with Gasteiger partial charge in [-0.25, -0.2) is 4.98 Å². The summed E-state index contributed by atoms with van der Waals surface area (Å²) in [6, 6.07) is 6.83. The van der Waals surface area contributed by atoms with Crippen LogP contribution in [0.2, 0.25) is 0 Å². The molecule has 84 valence electrons. The minimum Gasteiger partial charge on any atom is -0.508 e. The predicted octanol–water partition coefficient (Wildman–Crippen LogP) is 1.86. The number of phenolic OH excluding ortho intramolecular Hbond substituents is 1. The summed E-state index contributed by atoms with van der Waals surface area (Å²) >= 11 is 0. The van der Waals surface area contributed by atoms with Gasteiger partial charge in [-0.05, 0) is 31.7 Å². The average Bonchev–Trinajstić information content (AvgIpc) is 2.61. The van der Waals surface area contributed by atoms with Crippen LogP contribution in [-0.4, -0.2) is 16.6 Å². The lowest BCUT2D eigenvalue weighted by atomic mass is 10.2. The fourth-order valence-electron chi connectivity index (χ4n) is 1.55. The highest BCUT2D eigenvalue weighted by molar-refractivity contribution is 5.56. The minimum atomic E-state index is 0.203. The fourth-order valence-corrected chi connectivity index (χ4v) is 1.55. The molecule has 2 rings (SSSR count). The van der Waals surface area contributed by atoms with Gasteiger partial charge in [0, 0.05) is 12.0 Å². The number of aromatic nitrogens is 1. The standard InChI is InChI=1S/C12H14N2O2/c1-8-11(5-6-13)16-12(14-8)9-3-2-4-10(15)7-9/h2-4,7,15H,5-6,13H2,1H3. The molecule has 0 saturated heterocycles. The second kappa shape index (κ2) is 4.37. The van der Waals surface area contributed by atoms with E-state index in [1.165, 1.54) is 0 Å². The van der Waals surface area contributed by atoms with E-state index >= 15 is 0 Å². The van der Waals surface area contributed by atoms with Gasteiger partial charge in [0.1, 0.15) is 11.5 Å². The maximum Gasteiger partial charge on any atom is 0.226 e. The Morgan fingerprint density at radius 2 is 2.25 bits per heavy atom. The van der Waals surface area contributed by atoms with Crippen molar-refractivity contribution in [3.8, 4) is 17.2 Å². The molecule has 16 heavy (non-hydrogen) atoms. The van der Waals surface area contributed by atoms with Crippen molar-refractivity contribution in [1.82, 2.24) is 4.98 Å². The molecule has 0 fully saturated rings. The van der Waals surface area contributed by atoms with Gasteiger partial charge in [0.25, 0.3) is 0 Å². The van der Waals surface area contributed by atoms with Gasteiger partial charge >= 0.3 is 0 Å². The molecule has 1 aromatic carbocycles. The first-order valence-corrected chi connectivity index (χ1v) is 5.16. The monoisotopic (exact) mass is 218 g/mol. The van der Waals surface area contributed by atoms with Crippen molar-refractivity contribution in [2.45, 2.75) is 13.3 Å². The van der Waals surface area contributed by atoms with Gasteiger partial charge in [0.15, 0.2) is 0 Å². The van der Waals surface area contributed by atoms with Crippen LogP contribution in [0.25, 0.3) is 11.5 Å². The number of aromatic hydroxyl groups is 1. The Bertz CT molecular complexity index is 492. The lowest BCUT2D eigenvalue weighted by Gasteiger charge is -1.96. The SMILES string of the molecule is Cc1nc(-c2cccc(O)c2)oc1CCN. The number of oxazole rings is 1. The van der Waals surface area contributed by atoms with Gasteiger partial charge in [-0.2, -0.15) is 0 Å². The van der Waals surface area contributed by atoms with Gasteiger partial charge in [0.05, 0.1) is 5.69 Å². The van der Waals surface area contributed by atoms with Crippen LogP contribution in [0.1, 0.15) is 11.5 Å². The zero-order valence-electron chi connectivity index (χ0n) is 9.10. The highest BCUT2D eigenvalue weighted by Crippen LogP contribution is 2.24. The summed E-state index contributed by atoms with van der Waals surface area (Å²) in [5.41, 5.74) is 7.09. The van der Waals surface area contributed by atoms with Crippen molar-refractivity contribution in [1.29, 1.82) is 0 Å². The second-order valence-electron chi connectivity index (χ2n) is 3.62. The summed E-state index contributed by atoms with van der Waals surface area (Å²) in [6.45, 7) is 2.43. The molecule has 1 aromatic heterocycles. The van der Waals surface area contributed by atoms with E-state index in [0.29, 0.717) is 18.9 Å². The van der Waals surface area contributed by atoms with Crippen LogP contribution in [0, 0.1) is 6.92 Å². The molecule has 0 atom stereocenters. The topological polar surface area (TPSA) is 72.3 Å². The third-order valence-corrected chi connectivity index (χ3v) is 2.36. The highest BCUT2D eigenvalue weighted by atomic mass is 16.4. The molecule has 0 spiro atoms. The maximum absolute atomic E-state index is 9.36. The molecular formula is C12H14N2O2. The number of aryl methyl sites for hydroxylation is 1. The third kappa shape index (κ3) is 2.06. The summed E-state index contributed by atoms with van der Waals surface area (Å²) in [4.78, 5) is 4.31. The normalized spacial score (nSPS) is 10.6. The van der Waals surface area contributed by atoms with E-state index in [0.717, 1.165) is 17.0 Å². The average molecular weight is 218 g/mol. The zero-order chi connectivity index (χ0) is 11.5. The minimum absolute atomic E-state index is 0.203. The van der Waals surface area contributed by atoms with E-state index in [1.807, 2.05) is 13.0 Å². The van der Waals surface area contributed by atoms with Gasteiger partial charge in [-0.1, -0.05) is 6.07 Å². The molecular weight excluding hydrogens is 204 g/mol. The number of benzene rings is 1. The van der Waals surface area contributed by atoms with E-state index < -0.39 is 0 Å². The molecule has 0 aliphatic heterocycles. The van der Waals surface area contributed by atoms with Crippen molar-refractivity contribution < 1.29 is 9.52 Å². The number of phenols is 1. The van der Waals surface area contributed by atoms with Crippen molar-refractivity contribution >= 4 is 0 Å². The Kier molecular flexibility index (Phi) is 2.92. The molecule has 0 amide bonds. The Balaban J connectivity index is 2.37. The summed E-state index contributed by atoms with van der Waals surface area (Å²) in [5.74, 6) is 1.53. The Labute approximate surface area is 93.7 Å². The molecule has 0 aliphatic carbocycles. The number of hydrogen-bond donors (Lipinski definition) is 2. The van der Waals surface area contributed by atoms with Gasteiger partial charge in [0.2, 0.25) is 5.89 Å². The van der Waals surface area contributed by atoms with Crippen LogP contribution >= 0.6 is 0 Å². The van der Waals surface area contributed by atoms with Crippen molar-refractivity contribution in [2.75, 3.05) is 6.54 Å². The molecule has 4 heteroatoms. The molecule has 4 nitrogen and oxygen atoms in total. The summed E-state index contributed by atoms with van der Waals surface area (Å²) in [5, 5.41) is 9.36. The van der Waals surface area contributed by atoms with Crippen molar-refractivity contribution in [2.24, 2.45) is 5.73 Å².